The Morgan fingerprint density at radius 1 is 1.24 bits per heavy atom. The van der Waals surface area contributed by atoms with E-state index in [0.717, 1.165) is 11.6 Å². The van der Waals surface area contributed by atoms with Crippen LogP contribution in [-0.2, 0) is 16.0 Å². The van der Waals surface area contributed by atoms with E-state index in [9.17, 15) is 9.59 Å². The van der Waals surface area contributed by atoms with E-state index in [1.807, 2.05) is 0 Å². The van der Waals surface area contributed by atoms with Gasteiger partial charge in [-0.3, -0.25) is 4.79 Å². The van der Waals surface area contributed by atoms with E-state index in [1.165, 1.54) is 12.1 Å². The fourth-order valence-electron chi connectivity index (χ4n) is 1.69. The van der Waals surface area contributed by atoms with Crippen LogP contribution < -0.4 is 5.73 Å². The molecule has 0 saturated carbocycles. The smallest absolute Gasteiger partial charge is 0.335 e. The Labute approximate surface area is 126 Å². The summed E-state index contributed by atoms with van der Waals surface area (Å²) in [5.74, 6) is -1.38. The Kier molecular flexibility index (Phi) is 6.11. The van der Waals surface area contributed by atoms with Crippen LogP contribution in [0.1, 0.15) is 15.9 Å². The van der Waals surface area contributed by atoms with Crippen LogP contribution in [-0.4, -0.2) is 37.8 Å². The van der Waals surface area contributed by atoms with E-state index in [0.29, 0.717) is 13.0 Å². The van der Waals surface area contributed by atoms with E-state index >= 15 is 0 Å². The molecule has 0 radical (unpaired) electrons. The van der Waals surface area contributed by atoms with Crippen LogP contribution in [0.25, 0.3) is 0 Å². The molecule has 0 aliphatic heterocycles. The number of aromatic carboxylic acids is 1. The second-order valence-corrected chi connectivity index (χ2v) is 11.9. The summed E-state index contributed by atoms with van der Waals surface area (Å²) < 4.78 is 5.19. The summed E-state index contributed by atoms with van der Waals surface area (Å²) in [6.07, 6.45) is 0.339. The summed E-state index contributed by atoms with van der Waals surface area (Å²) in [7, 11) is -1.22. The molecule has 1 atom stereocenters. The van der Waals surface area contributed by atoms with Gasteiger partial charge < -0.3 is 15.6 Å². The first-order valence-corrected chi connectivity index (χ1v) is 10.6. The quantitative estimate of drug-likeness (QED) is 0.595. The minimum absolute atomic E-state index is 0.213. The van der Waals surface area contributed by atoms with Crippen molar-refractivity contribution >= 4 is 20.0 Å². The van der Waals surface area contributed by atoms with Crippen LogP contribution in [0, 0.1) is 0 Å². The van der Waals surface area contributed by atoms with Gasteiger partial charge in [-0.05, 0) is 30.2 Å². The number of rotatable bonds is 7. The molecule has 0 fully saturated rings. The zero-order chi connectivity index (χ0) is 16.0. The SMILES string of the molecule is C[Si](C)(C)CCOC(=O)[C@@H](N)Cc1ccc(C(=O)O)cc1. The first-order chi connectivity index (χ1) is 9.69. The Morgan fingerprint density at radius 2 is 1.81 bits per heavy atom. The predicted octanol–water partition coefficient (Wildman–Crippen LogP) is 2.14. The molecule has 1 rings (SSSR count). The van der Waals surface area contributed by atoms with Gasteiger partial charge in [0.25, 0.3) is 0 Å². The van der Waals surface area contributed by atoms with Crippen molar-refractivity contribution in [1.82, 2.24) is 0 Å². The standard InChI is InChI=1S/C15H23NO4Si/c1-21(2,3)9-8-20-15(19)13(16)10-11-4-6-12(7-5-11)14(17)18/h4-7,13H,8-10,16H2,1-3H3,(H,17,18)/t13-/m0/s1. The maximum Gasteiger partial charge on any atom is 0.335 e. The van der Waals surface area contributed by atoms with Crippen LogP contribution in [0.4, 0.5) is 0 Å². The Balaban J connectivity index is 2.46. The van der Waals surface area contributed by atoms with Crippen molar-refractivity contribution in [3.63, 3.8) is 0 Å². The monoisotopic (exact) mass is 309 g/mol. The van der Waals surface area contributed by atoms with Gasteiger partial charge in [0.05, 0.1) is 12.2 Å². The van der Waals surface area contributed by atoms with Crippen LogP contribution in [0.3, 0.4) is 0 Å². The lowest BCUT2D eigenvalue weighted by molar-refractivity contribution is -0.144. The van der Waals surface area contributed by atoms with Gasteiger partial charge in [0.2, 0.25) is 0 Å². The summed E-state index contributed by atoms with van der Waals surface area (Å²) in [6, 6.07) is 6.53. The van der Waals surface area contributed by atoms with Crippen LogP contribution in [0.2, 0.25) is 25.7 Å². The molecule has 0 aliphatic carbocycles. The van der Waals surface area contributed by atoms with Gasteiger partial charge in [0, 0.05) is 8.07 Å². The third-order valence-corrected chi connectivity index (χ3v) is 4.76. The lowest BCUT2D eigenvalue weighted by Crippen LogP contribution is -2.35. The van der Waals surface area contributed by atoms with Crippen molar-refractivity contribution in [3.8, 4) is 0 Å². The topological polar surface area (TPSA) is 89.6 Å². The summed E-state index contributed by atoms with van der Waals surface area (Å²) in [4.78, 5) is 22.5. The van der Waals surface area contributed by atoms with E-state index in [1.54, 1.807) is 12.1 Å². The van der Waals surface area contributed by atoms with Crippen molar-refractivity contribution in [2.45, 2.75) is 38.1 Å². The minimum atomic E-state index is -1.22. The summed E-state index contributed by atoms with van der Waals surface area (Å²) >= 11 is 0. The molecule has 1 aromatic rings. The van der Waals surface area contributed by atoms with E-state index in [-0.39, 0.29) is 5.56 Å². The molecule has 1 aromatic carbocycles. The molecule has 0 spiro atoms. The maximum absolute atomic E-state index is 11.8. The number of carboxylic acids is 1. The zero-order valence-corrected chi connectivity index (χ0v) is 13.8. The molecule has 0 unspecified atom stereocenters. The molecule has 5 nitrogen and oxygen atoms in total. The second-order valence-electron chi connectivity index (χ2n) is 6.29. The molecule has 116 valence electrons. The number of carbonyl (C=O) groups excluding carboxylic acids is 1. The molecular weight excluding hydrogens is 286 g/mol. The highest BCUT2D eigenvalue weighted by Crippen LogP contribution is 2.10. The third-order valence-electron chi connectivity index (χ3n) is 3.06. The van der Waals surface area contributed by atoms with Gasteiger partial charge in [-0.2, -0.15) is 0 Å². The highest BCUT2D eigenvalue weighted by molar-refractivity contribution is 6.76. The second kappa shape index (κ2) is 7.38. The van der Waals surface area contributed by atoms with Crippen LogP contribution in [0.15, 0.2) is 24.3 Å². The first-order valence-electron chi connectivity index (χ1n) is 6.93. The Bertz CT molecular complexity index is 493. The van der Waals surface area contributed by atoms with E-state index in [4.69, 9.17) is 15.6 Å². The van der Waals surface area contributed by atoms with Gasteiger partial charge in [0.15, 0.2) is 0 Å². The average molecular weight is 309 g/mol. The third kappa shape index (κ3) is 6.55. The van der Waals surface area contributed by atoms with Gasteiger partial charge in [-0.15, -0.1) is 0 Å². The van der Waals surface area contributed by atoms with E-state index < -0.39 is 26.1 Å². The largest absolute Gasteiger partial charge is 0.478 e. The lowest BCUT2D eigenvalue weighted by Gasteiger charge is -2.17. The number of ether oxygens (including phenoxy) is 1. The molecule has 0 aliphatic rings. The minimum Gasteiger partial charge on any atom is -0.478 e. The van der Waals surface area contributed by atoms with Crippen LogP contribution in [0.5, 0.6) is 0 Å². The normalized spacial score (nSPS) is 12.8. The summed E-state index contributed by atoms with van der Waals surface area (Å²) in [6.45, 7) is 7.06. The fraction of sp³-hybridized carbons (Fsp3) is 0.467. The Hall–Kier alpha value is -1.66. The first kappa shape index (κ1) is 17.4. The molecule has 0 amide bonds. The number of carboxylic acid groups (broad SMARTS) is 1. The van der Waals surface area contributed by atoms with Crippen molar-refractivity contribution in [3.05, 3.63) is 35.4 Å². The molecule has 3 N–H and O–H groups in total. The molecule has 0 aromatic heterocycles. The van der Waals surface area contributed by atoms with Crippen molar-refractivity contribution in [2.75, 3.05) is 6.61 Å². The van der Waals surface area contributed by atoms with E-state index in [2.05, 4.69) is 19.6 Å². The summed E-state index contributed by atoms with van der Waals surface area (Å²) in [5.41, 5.74) is 6.84. The Morgan fingerprint density at radius 3 is 2.29 bits per heavy atom. The van der Waals surface area contributed by atoms with Gasteiger partial charge in [0.1, 0.15) is 6.04 Å². The number of hydrogen-bond donors (Lipinski definition) is 2. The fourth-order valence-corrected chi connectivity index (χ4v) is 2.40. The molecular formula is C15H23NO4Si. The number of hydrogen-bond acceptors (Lipinski definition) is 4. The predicted molar refractivity (Wildman–Crippen MR) is 84.2 cm³/mol. The van der Waals surface area contributed by atoms with Crippen molar-refractivity contribution in [1.29, 1.82) is 0 Å². The summed E-state index contributed by atoms with van der Waals surface area (Å²) in [5, 5.41) is 8.81. The van der Waals surface area contributed by atoms with Gasteiger partial charge in [-0.1, -0.05) is 31.8 Å². The number of esters is 1. The lowest BCUT2D eigenvalue weighted by atomic mass is 10.0. The maximum atomic E-state index is 11.8. The van der Waals surface area contributed by atoms with Crippen molar-refractivity contribution in [2.24, 2.45) is 5.73 Å². The molecule has 21 heavy (non-hydrogen) atoms. The van der Waals surface area contributed by atoms with Gasteiger partial charge >= 0.3 is 11.9 Å². The molecule has 0 bridgehead atoms. The number of carbonyl (C=O) groups is 2. The number of nitrogens with two attached hydrogens (primary N) is 1. The molecule has 6 heteroatoms. The number of benzene rings is 1. The zero-order valence-electron chi connectivity index (χ0n) is 12.8. The van der Waals surface area contributed by atoms with Crippen LogP contribution >= 0.6 is 0 Å². The highest BCUT2D eigenvalue weighted by atomic mass is 28.3. The molecule has 0 saturated heterocycles. The average Bonchev–Trinajstić information content (AvgIpc) is 2.37. The molecule has 0 heterocycles. The highest BCUT2D eigenvalue weighted by Gasteiger charge is 2.18. The van der Waals surface area contributed by atoms with Gasteiger partial charge in [-0.25, -0.2) is 4.79 Å². The van der Waals surface area contributed by atoms with Crippen molar-refractivity contribution < 1.29 is 19.4 Å².